The third-order valence-corrected chi connectivity index (χ3v) is 2.82. The van der Waals surface area contributed by atoms with Gasteiger partial charge >= 0.3 is 6.18 Å². The normalized spacial score (nSPS) is 14.0. The maximum absolute atomic E-state index is 12.9. The van der Waals surface area contributed by atoms with Crippen LogP contribution in [0.25, 0.3) is 10.4 Å². The molecule has 0 bridgehead atoms. The minimum atomic E-state index is -4.85. The molecule has 0 aliphatic rings. The molecule has 0 fully saturated rings. The number of nitro benzene ring substituents is 1. The van der Waals surface area contributed by atoms with Crippen LogP contribution < -0.4 is 0 Å². The zero-order chi connectivity index (χ0) is 16.9. The lowest BCUT2D eigenvalue weighted by Gasteiger charge is -2.21. The molecule has 2 N–H and O–H groups in total. The summed E-state index contributed by atoms with van der Waals surface area (Å²) >= 11 is 0. The number of nitro groups is 1. The van der Waals surface area contributed by atoms with Gasteiger partial charge in [0, 0.05) is 29.2 Å². The maximum Gasteiger partial charge on any atom is 0.416 e. The molecule has 120 valence electrons. The van der Waals surface area contributed by atoms with Crippen LogP contribution in [0.15, 0.2) is 23.3 Å². The highest BCUT2D eigenvalue weighted by atomic mass is 19.4. The highest BCUT2D eigenvalue weighted by Gasteiger charge is 2.37. The summed E-state index contributed by atoms with van der Waals surface area (Å²) in [6.07, 6.45) is -8.83. The second-order valence-electron chi connectivity index (χ2n) is 4.28. The largest absolute Gasteiger partial charge is 0.416 e. The van der Waals surface area contributed by atoms with E-state index in [0.717, 1.165) is 0 Å². The molecule has 2 atom stereocenters. The van der Waals surface area contributed by atoms with Crippen molar-refractivity contribution in [3.8, 4) is 0 Å². The molecule has 0 aromatic heterocycles. The number of rotatable bonds is 6. The molecule has 0 aliphatic heterocycles. The van der Waals surface area contributed by atoms with E-state index in [0.29, 0.717) is 18.2 Å². The lowest BCUT2D eigenvalue weighted by Crippen LogP contribution is -2.22. The SMILES string of the molecule is [N-]=[N+]=NCCC(O)C(O)c1cc([N+](=O)[O-])ccc1C(F)(F)F. The molecule has 11 heteroatoms. The summed E-state index contributed by atoms with van der Waals surface area (Å²) in [4.78, 5) is 12.1. The summed E-state index contributed by atoms with van der Waals surface area (Å²) in [5, 5.41) is 33.2. The molecule has 0 radical (unpaired) electrons. The van der Waals surface area contributed by atoms with Crippen LogP contribution in [0.4, 0.5) is 18.9 Å². The molecular formula is C11H11F3N4O4. The predicted molar refractivity (Wildman–Crippen MR) is 67.7 cm³/mol. The van der Waals surface area contributed by atoms with Crippen LogP contribution in [0.5, 0.6) is 0 Å². The average molecular weight is 320 g/mol. The third-order valence-electron chi connectivity index (χ3n) is 2.82. The van der Waals surface area contributed by atoms with Gasteiger partial charge in [-0.25, -0.2) is 0 Å². The lowest BCUT2D eigenvalue weighted by atomic mass is 9.96. The number of hydrogen-bond donors (Lipinski definition) is 2. The predicted octanol–water partition coefficient (Wildman–Crippen LogP) is 2.71. The summed E-state index contributed by atoms with van der Waals surface area (Å²) in [5.74, 6) is 0. The Labute approximate surface area is 121 Å². The number of non-ortho nitro benzene ring substituents is 1. The van der Waals surface area contributed by atoms with E-state index in [1.165, 1.54) is 0 Å². The molecule has 1 aromatic rings. The lowest BCUT2D eigenvalue weighted by molar-refractivity contribution is -0.385. The van der Waals surface area contributed by atoms with Gasteiger partial charge in [0.15, 0.2) is 0 Å². The molecule has 0 amide bonds. The van der Waals surface area contributed by atoms with Gasteiger partial charge in [-0.3, -0.25) is 10.1 Å². The zero-order valence-corrected chi connectivity index (χ0v) is 10.9. The van der Waals surface area contributed by atoms with Gasteiger partial charge in [0.25, 0.3) is 5.69 Å². The molecule has 22 heavy (non-hydrogen) atoms. The fourth-order valence-corrected chi connectivity index (χ4v) is 1.77. The van der Waals surface area contributed by atoms with E-state index in [-0.39, 0.29) is 13.0 Å². The first-order valence-electron chi connectivity index (χ1n) is 5.91. The minimum Gasteiger partial charge on any atom is -0.390 e. The van der Waals surface area contributed by atoms with Crippen molar-refractivity contribution in [2.45, 2.75) is 24.8 Å². The third kappa shape index (κ3) is 4.32. The van der Waals surface area contributed by atoms with Crippen LogP contribution in [0, 0.1) is 10.1 Å². The first kappa shape index (κ1) is 17.7. The molecule has 0 spiro atoms. The van der Waals surface area contributed by atoms with Crippen LogP contribution in [0.2, 0.25) is 0 Å². The minimum absolute atomic E-state index is 0.245. The van der Waals surface area contributed by atoms with Crippen LogP contribution in [0.3, 0.4) is 0 Å². The molecule has 2 unspecified atom stereocenters. The van der Waals surface area contributed by atoms with E-state index >= 15 is 0 Å². The number of benzene rings is 1. The quantitative estimate of drug-likeness (QED) is 0.274. The van der Waals surface area contributed by atoms with Crippen LogP contribution in [0.1, 0.15) is 23.7 Å². The number of nitrogens with zero attached hydrogens (tertiary/aromatic N) is 4. The first-order chi connectivity index (χ1) is 10.2. The van der Waals surface area contributed by atoms with Gasteiger partial charge in [-0.2, -0.15) is 13.2 Å². The van der Waals surface area contributed by atoms with E-state index in [9.17, 15) is 33.5 Å². The van der Waals surface area contributed by atoms with Gasteiger partial charge in [-0.15, -0.1) is 0 Å². The molecule has 0 saturated heterocycles. The van der Waals surface area contributed by atoms with Crippen molar-refractivity contribution in [2.75, 3.05) is 6.54 Å². The average Bonchev–Trinajstić information content (AvgIpc) is 2.44. The summed E-state index contributed by atoms with van der Waals surface area (Å²) in [6, 6.07) is 1.69. The summed E-state index contributed by atoms with van der Waals surface area (Å²) in [6.45, 7) is -0.245. The highest BCUT2D eigenvalue weighted by Crippen LogP contribution is 2.37. The van der Waals surface area contributed by atoms with E-state index < -0.39 is 40.1 Å². The van der Waals surface area contributed by atoms with E-state index in [2.05, 4.69) is 10.0 Å². The fourth-order valence-electron chi connectivity index (χ4n) is 1.77. The molecule has 1 rings (SSSR count). The van der Waals surface area contributed by atoms with Crippen molar-refractivity contribution in [3.05, 3.63) is 49.9 Å². The number of azide groups is 1. The Kier molecular flexibility index (Phi) is 5.69. The number of alkyl halides is 3. The van der Waals surface area contributed by atoms with Gasteiger partial charge in [0.2, 0.25) is 0 Å². The number of aliphatic hydroxyl groups is 2. The Morgan fingerprint density at radius 2 is 2.05 bits per heavy atom. The fraction of sp³-hybridized carbons (Fsp3) is 0.455. The summed E-state index contributed by atoms with van der Waals surface area (Å²) in [7, 11) is 0. The first-order valence-corrected chi connectivity index (χ1v) is 5.91. The van der Waals surface area contributed by atoms with E-state index in [4.69, 9.17) is 5.53 Å². The highest BCUT2D eigenvalue weighted by molar-refractivity contribution is 5.42. The van der Waals surface area contributed by atoms with Crippen molar-refractivity contribution in [2.24, 2.45) is 5.11 Å². The summed E-state index contributed by atoms with van der Waals surface area (Å²) < 4.78 is 38.6. The van der Waals surface area contributed by atoms with E-state index in [1.807, 2.05) is 0 Å². The van der Waals surface area contributed by atoms with Crippen molar-refractivity contribution in [1.29, 1.82) is 0 Å². The van der Waals surface area contributed by atoms with E-state index in [1.54, 1.807) is 0 Å². The van der Waals surface area contributed by atoms with Gasteiger partial charge in [-0.05, 0) is 18.0 Å². The Hall–Kier alpha value is -2.36. The smallest absolute Gasteiger partial charge is 0.390 e. The molecule has 0 heterocycles. The Balaban J connectivity index is 3.20. The Morgan fingerprint density at radius 3 is 2.55 bits per heavy atom. The molecule has 0 saturated carbocycles. The Bertz CT molecular complexity index is 601. The molecule has 1 aromatic carbocycles. The van der Waals surface area contributed by atoms with Crippen LogP contribution in [-0.4, -0.2) is 27.8 Å². The van der Waals surface area contributed by atoms with Crippen molar-refractivity contribution < 1.29 is 28.3 Å². The Morgan fingerprint density at radius 1 is 1.41 bits per heavy atom. The van der Waals surface area contributed by atoms with Crippen LogP contribution >= 0.6 is 0 Å². The monoisotopic (exact) mass is 320 g/mol. The van der Waals surface area contributed by atoms with Gasteiger partial charge < -0.3 is 10.2 Å². The maximum atomic E-state index is 12.9. The topological polar surface area (TPSA) is 132 Å². The molecule has 8 nitrogen and oxygen atoms in total. The number of aliphatic hydroxyl groups excluding tert-OH is 2. The summed E-state index contributed by atoms with van der Waals surface area (Å²) in [5.41, 5.74) is 5.33. The molecule has 0 aliphatic carbocycles. The molecular weight excluding hydrogens is 309 g/mol. The van der Waals surface area contributed by atoms with Crippen molar-refractivity contribution in [3.63, 3.8) is 0 Å². The van der Waals surface area contributed by atoms with Gasteiger partial charge in [0.05, 0.1) is 16.6 Å². The standard InChI is InChI=1S/C11H11F3N4O4/c12-11(13,14)8-2-1-6(18(21)22)5-7(8)10(20)9(19)3-4-16-17-15/h1-2,5,9-10,19-20H,3-4H2. The number of halogens is 3. The second kappa shape index (κ2) is 7.07. The second-order valence-corrected chi connectivity index (χ2v) is 4.28. The van der Waals surface area contributed by atoms with Crippen LogP contribution in [-0.2, 0) is 6.18 Å². The zero-order valence-electron chi connectivity index (χ0n) is 10.9. The number of hydrogen-bond acceptors (Lipinski definition) is 5. The van der Waals surface area contributed by atoms with Gasteiger partial charge in [0.1, 0.15) is 6.10 Å². The van der Waals surface area contributed by atoms with Crippen molar-refractivity contribution >= 4 is 5.69 Å². The van der Waals surface area contributed by atoms with Crippen molar-refractivity contribution in [1.82, 2.24) is 0 Å². The van der Waals surface area contributed by atoms with Gasteiger partial charge in [-0.1, -0.05) is 5.11 Å².